The number of nitrogens with zero attached hydrogens (tertiary/aromatic N) is 1. The van der Waals surface area contributed by atoms with Crippen molar-refractivity contribution in [2.24, 2.45) is 0 Å². The summed E-state index contributed by atoms with van der Waals surface area (Å²) in [7, 11) is 1.61. The Morgan fingerprint density at radius 3 is 2.33 bits per heavy atom. The number of rotatable bonds is 10. The number of hydrogen-bond donors (Lipinski definition) is 1. The standard InChI is InChI=1S/C29H28N2O3S2/c1-34-25-17-15-24(16-18-25)30-27(32)10-6-3-7-19-31-28(33)26(36-29(31)35)20-21-11-13-23(14-12-21)22-8-4-2-5-9-22/h2,4-5,8-9,11-18,20H,3,6-7,10,19H2,1H3,(H,30,32). The van der Waals surface area contributed by atoms with Gasteiger partial charge in [-0.15, -0.1) is 0 Å². The van der Waals surface area contributed by atoms with Crippen molar-refractivity contribution < 1.29 is 14.3 Å². The quantitative estimate of drug-likeness (QED) is 0.183. The minimum atomic E-state index is -0.0469. The molecule has 7 heteroatoms. The van der Waals surface area contributed by atoms with Crippen molar-refractivity contribution in [2.75, 3.05) is 19.0 Å². The highest BCUT2D eigenvalue weighted by atomic mass is 32.2. The zero-order chi connectivity index (χ0) is 25.3. The predicted molar refractivity (Wildman–Crippen MR) is 152 cm³/mol. The van der Waals surface area contributed by atoms with Gasteiger partial charge in [0.25, 0.3) is 5.91 Å². The fourth-order valence-electron chi connectivity index (χ4n) is 3.88. The average Bonchev–Trinajstić information content (AvgIpc) is 3.17. The summed E-state index contributed by atoms with van der Waals surface area (Å²) in [4.78, 5) is 27.4. The molecule has 36 heavy (non-hydrogen) atoms. The van der Waals surface area contributed by atoms with Crippen LogP contribution in [0.1, 0.15) is 31.2 Å². The summed E-state index contributed by atoms with van der Waals surface area (Å²) in [6.45, 7) is 0.565. The third-order valence-electron chi connectivity index (χ3n) is 5.85. The molecule has 0 unspecified atom stereocenters. The highest BCUT2D eigenvalue weighted by Gasteiger charge is 2.31. The molecule has 0 aliphatic carbocycles. The average molecular weight is 517 g/mol. The molecule has 1 fully saturated rings. The lowest BCUT2D eigenvalue weighted by Crippen LogP contribution is -2.29. The Balaban J connectivity index is 1.22. The van der Waals surface area contributed by atoms with E-state index in [1.807, 2.05) is 60.7 Å². The van der Waals surface area contributed by atoms with E-state index in [-0.39, 0.29) is 11.8 Å². The Morgan fingerprint density at radius 1 is 0.944 bits per heavy atom. The van der Waals surface area contributed by atoms with E-state index in [4.69, 9.17) is 17.0 Å². The predicted octanol–water partition coefficient (Wildman–Crippen LogP) is 6.76. The molecule has 0 bridgehead atoms. The van der Waals surface area contributed by atoms with Crippen LogP contribution >= 0.6 is 24.0 Å². The van der Waals surface area contributed by atoms with Crippen LogP contribution in [0.25, 0.3) is 17.2 Å². The van der Waals surface area contributed by atoms with Crippen molar-refractivity contribution in [1.29, 1.82) is 0 Å². The number of amides is 2. The number of anilines is 1. The van der Waals surface area contributed by atoms with Crippen molar-refractivity contribution in [2.45, 2.75) is 25.7 Å². The van der Waals surface area contributed by atoms with Crippen molar-refractivity contribution in [3.05, 3.63) is 89.3 Å². The van der Waals surface area contributed by atoms with Crippen molar-refractivity contribution >= 4 is 51.9 Å². The molecule has 3 aromatic carbocycles. The largest absolute Gasteiger partial charge is 0.497 e. The van der Waals surface area contributed by atoms with Gasteiger partial charge in [0.05, 0.1) is 12.0 Å². The second kappa shape index (κ2) is 12.5. The Kier molecular flexibility index (Phi) is 8.92. The number of unbranched alkanes of at least 4 members (excludes halogenated alkanes) is 2. The van der Waals surface area contributed by atoms with Crippen LogP contribution in [-0.4, -0.2) is 34.7 Å². The lowest BCUT2D eigenvalue weighted by atomic mass is 10.0. The molecular weight excluding hydrogens is 488 g/mol. The smallest absolute Gasteiger partial charge is 0.266 e. The number of hydrogen-bond acceptors (Lipinski definition) is 5. The van der Waals surface area contributed by atoms with Gasteiger partial charge in [-0.3, -0.25) is 14.5 Å². The molecule has 1 saturated heterocycles. The Morgan fingerprint density at radius 2 is 1.64 bits per heavy atom. The van der Waals surface area contributed by atoms with Gasteiger partial charge in [0.2, 0.25) is 5.91 Å². The van der Waals surface area contributed by atoms with Gasteiger partial charge in [0.1, 0.15) is 10.1 Å². The van der Waals surface area contributed by atoms with E-state index in [9.17, 15) is 9.59 Å². The number of carbonyl (C=O) groups is 2. The van der Waals surface area contributed by atoms with Crippen LogP contribution in [0.2, 0.25) is 0 Å². The van der Waals surface area contributed by atoms with Gasteiger partial charge in [-0.05, 0) is 59.9 Å². The van der Waals surface area contributed by atoms with Crippen molar-refractivity contribution in [3.63, 3.8) is 0 Å². The maximum absolute atomic E-state index is 12.9. The third kappa shape index (κ3) is 6.83. The van der Waals surface area contributed by atoms with Crippen LogP contribution in [0.4, 0.5) is 5.69 Å². The molecular formula is C29H28N2O3S2. The number of thiocarbonyl (C=S) groups is 1. The summed E-state index contributed by atoms with van der Waals surface area (Å²) in [5.41, 5.74) is 4.02. The number of benzene rings is 3. The molecule has 1 heterocycles. The number of carbonyl (C=O) groups excluding carboxylic acids is 2. The molecule has 1 aliphatic rings. The molecule has 1 aliphatic heterocycles. The molecule has 0 atom stereocenters. The van der Waals surface area contributed by atoms with E-state index in [1.54, 1.807) is 12.0 Å². The van der Waals surface area contributed by atoms with E-state index in [0.29, 0.717) is 22.2 Å². The van der Waals surface area contributed by atoms with Gasteiger partial charge in [-0.25, -0.2) is 0 Å². The molecule has 0 saturated carbocycles. The van der Waals surface area contributed by atoms with E-state index in [2.05, 4.69) is 29.6 Å². The summed E-state index contributed by atoms with van der Waals surface area (Å²) >= 11 is 6.81. The molecule has 4 rings (SSSR count). The Hall–Kier alpha value is -3.42. The van der Waals surface area contributed by atoms with E-state index < -0.39 is 0 Å². The summed E-state index contributed by atoms with van der Waals surface area (Å²) in [6.07, 6.45) is 4.72. The van der Waals surface area contributed by atoms with E-state index >= 15 is 0 Å². The maximum atomic E-state index is 12.9. The monoisotopic (exact) mass is 516 g/mol. The first-order valence-electron chi connectivity index (χ1n) is 11.9. The molecule has 0 radical (unpaired) electrons. The fourth-order valence-corrected chi connectivity index (χ4v) is 5.19. The lowest BCUT2D eigenvalue weighted by molar-refractivity contribution is -0.122. The van der Waals surface area contributed by atoms with Crippen molar-refractivity contribution in [1.82, 2.24) is 4.90 Å². The summed E-state index contributed by atoms with van der Waals surface area (Å²) in [6, 6.07) is 25.6. The molecule has 184 valence electrons. The number of thioether (sulfide) groups is 1. The zero-order valence-electron chi connectivity index (χ0n) is 20.1. The van der Waals surface area contributed by atoms with E-state index in [1.165, 1.54) is 11.8 Å². The van der Waals surface area contributed by atoms with Crippen LogP contribution in [0.15, 0.2) is 83.8 Å². The maximum Gasteiger partial charge on any atom is 0.266 e. The molecule has 0 spiro atoms. The number of ether oxygens (including phenoxy) is 1. The Bertz CT molecular complexity index is 1240. The Labute approximate surface area is 221 Å². The molecule has 3 aromatic rings. The van der Waals surface area contributed by atoms with Crippen LogP contribution < -0.4 is 10.1 Å². The van der Waals surface area contributed by atoms with Gasteiger partial charge in [-0.2, -0.15) is 0 Å². The third-order valence-corrected chi connectivity index (χ3v) is 7.23. The first-order valence-corrected chi connectivity index (χ1v) is 13.1. The molecule has 0 aromatic heterocycles. The van der Waals surface area contributed by atoms with Crippen LogP contribution in [0.3, 0.4) is 0 Å². The van der Waals surface area contributed by atoms with Crippen LogP contribution in [0, 0.1) is 0 Å². The summed E-state index contributed by atoms with van der Waals surface area (Å²) in [5.74, 6) is 0.681. The minimum absolute atomic E-state index is 0.0213. The second-order valence-electron chi connectivity index (χ2n) is 8.41. The highest BCUT2D eigenvalue weighted by molar-refractivity contribution is 8.26. The van der Waals surface area contributed by atoms with Crippen LogP contribution in [-0.2, 0) is 9.59 Å². The first-order chi connectivity index (χ1) is 17.5. The molecule has 1 N–H and O–H groups in total. The second-order valence-corrected chi connectivity index (χ2v) is 10.1. The summed E-state index contributed by atoms with van der Waals surface area (Å²) in [5, 5.41) is 2.89. The van der Waals surface area contributed by atoms with Gasteiger partial charge >= 0.3 is 0 Å². The van der Waals surface area contributed by atoms with Gasteiger partial charge < -0.3 is 10.1 Å². The van der Waals surface area contributed by atoms with Gasteiger partial charge in [-0.1, -0.05) is 85.0 Å². The lowest BCUT2D eigenvalue weighted by Gasteiger charge is -2.14. The van der Waals surface area contributed by atoms with Gasteiger partial charge in [0, 0.05) is 18.7 Å². The normalized spacial score (nSPS) is 14.4. The highest BCUT2D eigenvalue weighted by Crippen LogP contribution is 2.33. The number of methoxy groups -OCH3 is 1. The zero-order valence-corrected chi connectivity index (χ0v) is 21.7. The minimum Gasteiger partial charge on any atom is -0.497 e. The van der Waals surface area contributed by atoms with Gasteiger partial charge in [0.15, 0.2) is 0 Å². The number of nitrogens with one attached hydrogen (secondary N) is 1. The topological polar surface area (TPSA) is 58.6 Å². The molecule has 2 amide bonds. The first kappa shape index (κ1) is 25.7. The molecule has 5 nitrogen and oxygen atoms in total. The van der Waals surface area contributed by atoms with Crippen LogP contribution in [0.5, 0.6) is 5.75 Å². The SMILES string of the molecule is COc1ccc(NC(=O)CCCCCN2C(=O)C(=Cc3ccc(-c4ccccc4)cc3)SC2=S)cc1. The fraction of sp³-hybridized carbons (Fsp3) is 0.207. The van der Waals surface area contributed by atoms with E-state index in [0.717, 1.165) is 47.4 Å². The van der Waals surface area contributed by atoms with Crippen molar-refractivity contribution in [3.8, 4) is 16.9 Å². The summed E-state index contributed by atoms with van der Waals surface area (Å²) < 4.78 is 5.71.